The third-order valence-corrected chi connectivity index (χ3v) is 2.71. The molecule has 0 aromatic carbocycles. The van der Waals surface area contributed by atoms with Crippen LogP contribution in [0.5, 0.6) is 0 Å². The van der Waals surface area contributed by atoms with Gasteiger partial charge in [0.25, 0.3) is 0 Å². The van der Waals surface area contributed by atoms with Gasteiger partial charge in [0.2, 0.25) is 0 Å². The Morgan fingerprint density at radius 1 is 1.55 bits per heavy atom. The average Bonchev–Trinajstić information content (AvgIpc) is 2.11. The van der Waals surface area contributed by atoms with Gasteiger partial charge in [-0.2, -0.15) is 5.10 Å². The maximum absolute atomic E-state index is 5.84. The molecule has 4 heteroatoms. The molecular weight excluding hydrogens is 274 g/mol. The molecule has 0 saturated carbocycles. The summed E-state index contributed by atoms with van der Waals surface area (Å²) >= 11 is 7.97. The van der Waals surface area contributed by atoms with E-state index in [0.29, 0.717) is 0 Å². The van der Waals surface area contributed by atoms with Crippen molar-refractivity contribution in [2.45, 2.75) is 26.3 Å². The van der Waals surface area contributed by atoms with Gasteiger partial charge in [-0.25, -0.2) is 0 Å². The van der Waals surface area contributed by atoms with Gasteiger partial charge in [-0.05, 0) is 43.4 Å². The van der Waals surface area contributed by atoms with Crippen molar-refractivity contribution in [1.29, 1.82) is 0 Å². The molecule has 0 aliphatic carbocycles. The lowest BCUT2D eigenvalue weighted by atomic mass is 10.1. The van der Waals surface area contributed by atoms with E-state index in [-0.39, 0.29) is 5.54 Å². The van der Waals surface area contributed by atoms with E-state index in [2.05, 4.69) is 48.5 Å². The Morgan fingerprint density at radius 2 is 2.09 bits per heavy atom. The molecular formula is C7H10ClIN2. The van der Waals surface area contributed by atoms with E-state index in [9.17, 15) is 0 Å². The normalized spacial score (nSPS) is 12.1. The average molecular weight is 285 g/mol. The molecule has 1 aromatic rings. The van der Waals surface area contributed by atoms with Gasteiger partial charge in [0.1, 0.15) is 3.70 Å². The highest BCUT2D eigenvalue weighted by Gasteiger charge is 2.15. The molecule has 0 atom stereocenters. The first-order valence-corrected chi connectivity index (χ1v) is 4.78. The van der Waals surface area contributed by atoms with Gasteiger partial charge in [-0.3, -0.25) is 4.68 Å². The van der Waals surface area contributed by atoms with Gasteiger partial charge >= 0.3 is 0 Å². The molecule has 1 heterocycles. The number of hydrogen-bond acceptors (Lipinski definition) is 1. The Morgan fingerprint density at radius 3 is 2.27 bits per heavy atom. The number of hydrogen-bond donors (Lipinski definition) is 0. The number of nitrogens with zero attached hydrogens (tertiary/aromatic N) is 2. The van der Waals surface area contributed by atoms with Crippen molar-refractivity contribution in [1.82, 2.24) is 9.78 Å². The lowest BCUT2D eigenvalue weighted by molar-refractivity contribution is 0.354. The quantitative estimate of drug-likeness (QED) is 0.670. The zero-order chi connectivity index (χ0) is 8.65. The van der Waals surface area contributed by atoms with Crippen molar-refractivity contribution in [3.8, 4) is 0 Å². The summed E-state index contributed by atoms with van der Waals surface area (Å²) in [7, 11) is 0. The van der Waals surface area contributed by atoms with Crippen LogP contribution >= 0.6 is 34.2 Å². The number of rotatable bonds is 0. The molecule has 0 amide bonds. The monoisotopic (exact) mass is 284 g/mol. The van der Waals surface area contributed by atoms with Crippen LogP contribution in [0.25, 0.3) is 0 Å². The van der Waals surface area contributed by atoms with E-state index in [1.165, 1.54) is 0 Å². The van der Waals surface area contributed by atoms with Gasteiger partial charge < -0.3 is 0 Å². The molecule has 1 rings (SSSR count). The Hall–Kier alpha value is 0.230. The lowest BCUT2D eigenvalue weighted by Crippen LogP contribution is -2.22. The Bertz CT molecular complexity index is 242. The summed E-state index contributed by atoms with van der Waals surface area (Å²) < 4.78 is 2.73. The molecule has 0 N–H and O–H groups in total. The highest BCUT2D eigenvalue weighted by molar-refractivity contribution is 14.1. The SMILES string of the molecule is CC(C)(C)n1cc(Cl)c(I)n1. The van der Waals surface area contributed by atoms with Gasteiger partial charge in [0.15, 0.2) is 0 Å². The highest BCUT2D eigenvalue weighted by atomic mass is 127. The largest absolute Gasteiger partial charge is 0.265 e. The first-order chi connectivity index (χ1) is 4.91. The second-order valence-electron chi connectivity index (χ2n) is 3.38. The zero-order valence-electron chi connectivity index (χ0n) is 6.73. The Balaban J connectivity index is 3.08. The topological polar surface area (TPSA) is 17.8 Å². The molecule has 0 aliphatic rings. The first kappa shape index (κ1) is 9.32. The minimum atomic E-state index is 0.0209. The van der Waals surface area contributed by atoms with E-state index >= 15 is 0 Å². The second kappa shape index (κ2) is 2.94. The molecule has 1 aromatic heterocycles. The lowest BCUT2D eigenvalue weighted by Gasteiger charge is -2.18. The molecule has 11 heavy (non-hydrogen) atoms. The fraction of sp³-hybridized carbons (Fsp3) is 0.571. The number of aromatic nitrogens is 2. The molecule has 0 saturated heterocycles. The predicted octanol–water partition coefficient (Wildman–Crippen LogP) is 2.90. The van der Waals surface area contributed by atoms with Crippen LogP contribution in [0, 0.1) is 3.70 Å². The van der Waals surface area contributed by atoms with Crippen LogP contribution in [0.4, 0.5) is 0 Å². The van der Waals surface area contributed by atoms with E-state index in [4.69, 9.17) is 11.6 Å². The minimum absolute atomic E-state index is 0.0209. The number of halogens is 2. The molecule has 2 nitrogen and oxygen atoms in total. The summed E-state index contributed by atoms with van der Waals surface area (Å²) in [6.45, 7) is 6.27. The van der Waals surface area contributed by atoms with Crippen molar-refractivity contribution in [3.63, 3.8) is 0 Å². The van der Waals surface area contributed by atoms with Crippen LogP contribution in [-0.4, -0.2) is 9.78 Å². The molecule has 62 valence electrons. The fourth-order valence-corrected chi connectivity index (χ4v) is 1.18. The van der Waals surface area contributed by atoms with Crippen molar-refractivity contribution in [3.05, 3.63) is 14.9 Å². The maximum atomic E-state index is 5.84. The fourth-order valence-electron chi connectivity index (χ4n) is 0.675. The Kier molecular flexibility index (Phi) is 2.49. The minimum Gasteiger partial charge on any atom is -0.265 e. The first-order valence-electron chi connectivity index (χ1n) is 3.32. The van der Waals surface area contributed by atoms with Gasteiger partial charge in [0.05, 0.1) is 10.6 Å². The van der Waals surface area contributed by atoms with E-state index in [0.717, 1.165) is 8.72 Å². The van der Waals surface area contributed by atoms with E-state index in [1.807, 2.05) is 10.9 Å². The smallest absolute Gasteiger partial charge is 0.141 e. The zero-order valence-corrected chi connectivity index (χ0v) is 9.64. The summed E-state index contributed by atoms with van der Waals surface area (Å²) in [6.07, 6.45) is 1.85. The standard InChI is InChI=1S/C7H10ClIN2/c1-7(2,3)11-4-5(8)6(9)10-11/h4H,1-3H3. The summed E-state index contributed by atoms with van der Waals surface area (Å²) in [5.41, 5.74) is 0.0209. The van der Waals surface area contributed by atoms with Crippen LogP contribution in [0.1, 0.15) is 20.8 Å². The van der Waals surface area contributed by atoms with Gasteiger partial charge in [-0.1, -0.05) is 11.6 Å². The third-order valence-electron chi connectivity index (χ3n) is 1.32. The molecule has 0 spiro atoms. The van der Waals surface area contributed by atoms with Crippen molar-refractivity contribution >= 4 is 34.2 Å². The summed E-state index contributed by atoms with van der Waals surface area (Å²) in [4.78, 5) is 0. The predicted molar refractivity (Wildman–Crippen MR) is 55.0 cm³/mol. The highest BCUT2D eigenvalue weighted by Crippen LogP contribution is 2.20. The van der Waals surface area contributed by atoms with Crippen molar-refractivity contribution < 1.29 is 0 Å². The van der Waals surface area contributed by atoms with E-state index < -0.39 is 0 Å². The van der Waals surface area contributed by atoms with Crippen molar-refractivity contribution in [2.75, 3.05) is 0 Å². The summed E-state index contributed by atoms with van der Waals surface area (Å²) in [5, 5.41) is 4.98. The molecule has 0 unspecified atom stereocenters. The van der Waals surface area contributed by atoms with Crippen molar-refractivity contribution in [2.24, 2.45) is 0 Å². The van der Waals surface area contributed by atoms with Gasteiger partial charge in [0, 0.05) is 6.20 Å². The van der Waals surface area contributed by atoms with Gasteiger partial charge in [-0.15, -0.1) is 0 Å². The molecule has 0 fully saturated rings. The van der Waals surface area contributed by atoms with Crippen LogP contribution in [0.2, 0.25) is 5.02 Å². The molecule has 0 bridgehead atoms. The molecule has 0 aliphatic heterocycles. The second-order valence-corrected chi connectivity index (χ2v) is 4.81. The van der Waals surface area contributed by atoms with Crippen LogP contribution in [0.15, 0.2) is 6.20 Å². The summed E-state index contributed by atoms with van der Waals surface area (Å²) in [5.74, 6) is 0. The maximum Gasteiger partial charge on any atom is 0.141 e. The molecule has 0 radical (unpaired) electrons. The van der Waals surface area contributed by atoms with Crippen LogP contribution in [0.3, 0.4) is 0 Å². The third kappa shape index (κ3) is 2.08. The van der Waals surface area contributed by atoms with Crippen LogP contribution < -0.4 is 0 Å². The van der Waals surface area contributed by atoms with E-state index in [1.54, 1.807) is 0 Å². The summed E-state index contributed by atoms with van der Waals surface area (Å²) in [6, 6.07) is 0. The van der Waals surface area contributed by atoms with Crippen LogP contribution in [-0.2, 0) is 5.54 Å². The Labute approximate surface area is 85.1 Å².